The highest BCUT2D eigenvalue weighted by atomic mass is 32.2. The molecule has 5 heteroatoms. The molecule has 1 fully saturated rings. The van der Waals surface area contributed by atoms with Crippen molar-refractivity contribution in [2.75, 3.05) is 12.3 Å². The Balaban J connectivity index is 1.91. The predicted octanol–water partition coefficient (Wildman–Crippen LogP) is 1.33. The molecule has 0 aliphatic heterocycles. The van der Waals surface area contributed by atoms with E-state index < -0.39 is 15.9 Å². The van der Waals surface area contributed by atoms with Gasteiger partial charge in [0.2, 0.25) is 0 Å². The van der Waals surface area contributed by atoms with Crippen LogP contribution >= 0.6 is 0 Å². The molecule has 4 nitrogen and oxygen atoms in total. The molecule has 0 heterocycles. The highest BCUT2D eigenvalue weighted by molar-refractivity contribution is 7.90. The van der Waals surface area contributed by atoms with Crippen molar-refractivity contribution in [1.82, 2.24) is 5.32 Å². The van der Waals surface area contributed by atoms with E-state index in [0.717, 1.165) is 29.5 Å². The Labute approximate surface area is 121 Å². The van der Waals surface area contributed by atoms with Gasteiger partial charge in [0.15, 0.2) is 9.84 Å². The molecule has 112 valence electrons. The van der Waals surface area contributed by atoms with E-state index in [4.69, 9.17) is 0 Å². The molecule has 0 saturated heterocycles. The number of hydrogen-bond donors (Lipinski definition) is 2. The van der Waals surface area contributed by atoms with Crippen molar-refractivity contribution in [3.8, 4) is 0 Å². The van der Waals surface area contributed by atoms with Crippen molar-refractivity contribution in [2.45, 2.75) is 44.6 Å². The van der Waals surface area contributed by atoms with Crippen LogP contribution in [-0.2, 0) is 15.6 Å². The van der Waals surface area contributed by atoms with Crippen molar-refractivity contribution in [1.29, 1.82) is 0 Å². The number of nitrogens with one attached hydrogen (secondary N) is 1. The van der Waals surface area contributed by atoms with Crippen LogP contribution in [0.1, 0.15) is 29.5 Å². The van der Waals surface area contributed by atoms with Crippen LogP contribution in [-0.4, -0.2) is 38.0 Å². The van der Waals surface area contributed by atoms with Gasteiger partial charge in [-0.1, -0.05) is 29.3 Å². The number of rotatable bonds is 7. The van der Waals surface area contributed by atoms with Crippen LogP contribution in [0.5, 0.6) is 0 Å². The monoisotopic (exact) mass is 297 g/mol. The molecule has 1 saturated carbocycles. The Bertz CT molecular complexity index is 544. The Morgan fingerprint density at radius 1 is 1.25 bits per heavy atom. The summed E-state index contributed by atoms with van der Waals surface area (Å²) in [6.07, 6.45) is 1.43. The summed E-state index contributed by atoms with van der Waals surface area (Å²) in [4.78, 5) is 0. The topological polar surface area (TPSA) is 66.4 Å². The second-order valence-electron chi connectivity index (χ2n) is 5.89. The van der Waals surface area contributed by atoms with Crippen molar-refractivity contribution in [3.63, 3.8) is 0 Å². The standard InChI is InChI=1S/C15H23NO3S/c1-11-5-12(2)7-13(6-11)9-20(18,19)10-15(17)8-16-14-3-4-14/h5-7,14-17H,3-4,8-10H2,1-2H3. The molecule has 0 aromatic heterocycles. The summed E-state index contributed by atoms with van der Waals surface area (Å²) in [5.41, 5.74) is 2.92. The molecule has 1 unspecified atom stereocenters. The maximum absolute atomic E-state index is 12.1. The minimum atomic E-state index is -3.28. The molecule has 20 heavy (non-hydrogen) atoms. The van der Waals surface area contributed by atoms with Crippen LogP contribution in [0.2, 0.25) is 0 Å². The molecule has 2 N–H and O–H groups in total. The lowest BCUT2D eigenvalue weighted by atomic mass is 10.1. The fraction of sp³-hybridized carbons (Fsp3) is 0.600. The van der Waals surface area contributed by atoms with E-state index in [-0.39, 0.29) is 11.5 Å². The minimum absolute atomic E-state index is 0.00396. The van der Waals surface area contributed by atoms with Gasteiger partial charge in [-0.15, -0.1) is 0 Å². The van der Waals surface area contributed by atoms with Gasteiger partial charge in [-0.2, -0.15) is 0 Å². The molecule has 1 aliphatic rings. The highest BCUT2D eigenvalue weighted by Crippen LogP contribution is 2.18. The van der Waals surface area contributed by atoms with Gasteiger partial charge < -0.3 is 10.4 Å². The zero-order chi connectivity index (χ0) is 14.8. The van der Waals surface area contributed by atoms with Crippen LogP contribution in [0.3, 0.4) is 0 Å². The summed E-state index contributed by atoms with van der Waals surface area (Å²) in [5, 5.41) is 13.0. The van der Waals surface area contributed by atoms with Crippen molar-refractivity contribution in [2.24, 2.45) is 0 Å². The molecule has 1 aliphatic carbocycles. The van der Waals surface area contributed by atoms with Crippen LogP contribution < -0.4 is 5.32 Å². The molecule has 0 spiro atoms. The van der Waals surface area contributed by atoms with Crippen LogP contribution in [0.15, 0.2) is 18.2 Å². The quantitative estimate of drug-likeness (QED) is 0.797. The maximum Gasteiger partial charge on any atom is 0.157 e. The molecular formula is C15H23NO3S. The Morgan fingerprint density at radius 2 is 1.85 bits per heavy atom. The first-order chi connectivity index (χ1) is 9.34. The second kappa shape index (κ2) is 6.24. The first-order valence-electron chi connectivity index (χ1n) is 7.03. The van der Waals surface area contributed by atoms with E-state index in [1.54, 1.807) is 0 Å². The number of aliphatic hydroxyl groups excluding tert-OH is 1. The fourth-order valence-electron chi connectivity index (χ4n) is 2.41. The third-order valence-electron chi connectivity index (χ3n) is 3.33. The summed E-state index contributed by atoms with van der Waals surface area (Å²) in [6, 6.07) is 6.27. The van der Waals surface area contributed by atoms with Crippen molar-refractivity contribution >= 4 is 9.84 Å². The van der Waals surface area contributed by atoms with Crippen LogP contribution in [0.4, 0.5) is 0 Å². The summed E-state index contributed by atoms with van der Waals surface area (Å²) >= 11 is 0. The summed E-state index contributed by atoms with van der Waals surface area (Å²) in [6.45, 7) is 4.27. The molecule has 0 radical (unpaired) electrons. The normalized spacial score (nSPS) is 17.1. The van der Waals surface area contributed by atoms with Gasteiger partial charge in [-0.3, -0.25) is 0 Å². The van der Waals surface area contributed by atoms with Crippen molar-refractivity contribution in [3.05, 3.63) is 34.9 Å². The average Bonchev–Trinajstić information content (AvgIpc) is 3.06. The fourth-order valence-corrected chi connectivity index (χ4v) is 3.90. The van der Waals surface area contributed by atoms with Gasteiger partial charge >= 0.3 is 0 Å². The highest BCUT2D eigenvalue weighted by Gasteiger charge is 2.23. The average molecular weight is 297 g/mol. The lowest BCUT2D eigenvalue weighted by molar-refractivity contribution is 0.193. The minimum Gasteiger partial charge on any atom is -0.391 e. The lowest BCUT2D eigenvalue weighted by Crippen LogP contribution is -2.34. The van der Waals surface area contributed by atoms with Gasteiger partial charge in [-0.05, 0) is 32.3 Å². The Hall–Kier alpha value is -0.910. The number of hydrogen-bond acceptors (Lipinski definition) is 4. The maximum atomic E-state index is 12.1. The van der Waals surface area contributed by atoms with Gasteiger partial charge in [0.25, 0.3) is 0 Å². The van der Waals surface area contributed by atoms with Gasteiger partial charge in [-0.25, -0.2) is 8.42 Å². The number of aryl methyl sites for hydroxylation is 2. The first kappa shape index (κ1) is 15.5. The van der Waals surface area contributed by atoms with Crippen molar-refractivity contribution < 1.29 is 13.5 Å². The predicted molar refractivity (Wildman–Crippen MR) is 80.4 cm³/mol. The zero-order valence-electron chi connectivity index (χ0n) is 12.1. The van der Waals surface area contributed by atoms with E-state index in [2.05, 4.69) is 5.32 Å². The SMILES string of the molecule is Cc1cc(C)cc(CS(=O)(=O)CC(O)CNC2CC2)c1. The molecular weight excluding hydrogens is 274 g/mol. The second-order valence-corrected chi connectivity index (χ2v) is 8.00. The third-order valence-corrected chi connectivity index (χ3v) is 5.00. The summed E-state index contributed by atoms with van der Waals surface area (Å²) in [7, 11) is -3.28. The molecule has 2 rings (SSSR count). The van der Waals surface area contributed by atoms with Crippen LogP contribution in [0, 0.1) is 13.8 Å². The van der Waals surface area contributed by atoms with E-state index in [9.17, 15) is 13.5 Å². The lowest BCUT2D eigenvalue weighted by Gasteiger charge is -2.12. The van der Waals surface area contributed by atoms with E-state index in [1.165, 1.54) is 0 Å². The van der Waals surface area contributed by atoms with Gasteiger partial charge in [0.05, 0.1) is 17.6 Å². The largest absolute Gasteiger partial charge is 0.391 e. The molecule has 1 atom stereocenters. The molecule has 0 bridgehead atoms. The summed E-state index contributed by atoms with van der Waals surface area (Å²) in [5.74, 6) is -0.185. The molecule has 1 aromatic rings. The Morgan fingerprint density at radius 3 is 2.40 bits per heavy atom. The number of aliphatic hydroxyl groups is 1. The molecule has 0 amide bonds. The smallest absolute Gasteiger partial charge is 0.157 e. The van der Waals surface area contributed by atoms with Gasteiger partial charge in [0.1, 0.15) is 0 Å². The number of sulfone groups is 1. The van der Waals surface area contributed by atoms with E-state index in [1.807, 2.05) is 32.0 Å². The van der Waals surface area contributed by atoms with Crippen LogP contribution in [0.25, 0.3) is 0 Å². The van der Waals surface area contributed by atoms with E-state index >= 15 is 0 Å². The third kappa shape index (κ3) is 5.23. The zero-order valence-corrected chi connectivity index (χ0v) is 12.9. The first-order valence-corrected chi connectivity index (χ1v) is 8.85. The van der Waals surface area contributed by atoms with E-state index in [0.29, 0.717) is 12.6 Å². The number of benzene rings is 1. The van der Waals surface area contributed by atoms with Gasteiger partial charge in [0, 0.05) is 12.6 Å². The molecule has 1 aromatic carbocycles. The Kier molecular flexibility index (Phi) is 4.83. The summed E-state index contributed by atoms with van der Waals surface area (Å²) < 4.78 is 24.2.